The van der Waals surface area contributed by atoms with Gasteiger partial charge in [0.2, 0.25) is 0 Å². The maximum Gasteiger partial charge on any atom is 0.170 e. The van der Waals surface area contributed by atoms with E-state index >= 15 is 0 Å². The Kier molecular flexibility index (Phi) is 5.09. The first-order valence-electron chi connectivity index (χ1n) is 10.1. The summed E-state index contributed by atoms with van der Waals surface area (Å²) in [5.74, 6) is 0.240. The van der Waals surface area contributed by atoms with E-state index in [1.165, 1.54) is 0 Å². The van der Waals surface area contributed by atoms with Crippen molar-refractivity contribution in [3.05, 3.63) is 108 Å². The zero-order chi connectivity index (χ0) is 21.2. The molecule has 0 bridgehead atoms. The molecule has 4 heterocycles. The SMILES string of the molecule is Oc1ccc(-n2cccc2C2C(c3ccccn3)NC(=S)N2Cc2ccccn2)cc1. The van der Waals surface area contributed by atoms with E-state index in [0.717, 1.165) is 22.8 Å². The second kappa shape index (κ2) is 8.20. The number of pyridine rings is 2. The molecule has 31 heavy (non-hydrogen) atoms. The fourth-order valence-corrected chi connectivity index (χ4v) is 4.35. The van der Waals surface area contributed by atoms with E-state index in [1.807, 2.05) is 60.8 Å². The van der Waals surface area contributed by atoms with Gasteiger partial charge in [0.05, 0.1) is 30.0 Å². The summed E-state index contributed by atoms with van der Waals surface area (Å²) in [6, 6.07) is 22.9. The molecule has 2 N–H and O–H groups in total. The second-order valence-corrected chi connectivity index (χ2v) is 7.78. The molecule has 7 heteroatoms. The Bertz CT molecular complexity index is 1180. The first-order valence-corrected chi connectivity index (χ1v) is 10.5. The number of aromatic hydroxyl groups is 1. The first kappa shape index (κ1) is 19.3. The number of thiocarbonyl (C=S) groups is 1. The second-order valence-electron chi connectivity index (χ2n) is 7.40. The molecule has 2 unspecified atom stereocenters. The van der Waals surface area contributed by atoms with Gasteiger partial charge in [-0.15, -0.1) is 0 Å². The minimum atomic E-state index is -0.108. The van der Waals surface area contributed by atoms with Gasteiger partial charge in [0.25, 0.3) is 0 Å². The van der Waals surface area contributed by atoms with Crippen LogP contribution in [0.1, 0.15) is 29.2 Å². The summed E-state index contributed by atoms with van der Waals surface area (Å²) in [6.45, 7) is 0.585. The summed E-state index contributed by atoms with van der Waals surface area (Å²) in [5, 5.41) is 13.9. The summed E-state index contributed by atoms with van der Waals surface area (Å²) >= 11 is 5.76. The molecule has 0 radical (unpaired) electrons. The smallest absolute Gasteiger partial charge is 0.170 e. The van der Waals surface area contributed by atoms with Crippen LogP contribution in [0.4, 0.5) is 0 Å². The molecule has 5 rings (SSSR count). The summed E-state index contributed by atoms with van der Waals surface area (Å²) < 4.78 is 2.13. The van der Waals surface area contributed by atoms with E-state index in [2.05, 4.69) is 30.8 Å². The Morgan fingerprint density at radius 3 is 2.39 bits per heavy atom. The third-order valence-corrected chi connectivity index (χ3v) is 5.82. The molecule has 3 aromatic heterocycles. The van der Waals surface area contributed by atoms with Crippen LogP contribution < -0.4 is 5.32 Å². The maximum atomic E-state index is 9.71. The first-order chi connectivity index (χ1) is 15.2. The summed E-state index contributed by atoms with van der Waals surface area (Å²) in [7, 11) is 0. The molecular weight excluding hydrogens is 406 g/mol. The van der Waals surface area contributed by atoms with E-state index in [0.29, 0.717) is 11.7 Å². The van der Waals surface area contributed by atoms with E-state index < -0.39 is 0 Å². The van der Waals surface area contributed by atoms with Crippen LogP contribution in [-0.2, 0) is 6.54 Å². The van der Waals surface area contributed by atoms with Crippen LogP contribution in [0, 0.1) is 0 Å². The highest BCUT2D eigenvalue weighted by Crippen LogP contribution is 2.40. The minimum Gasteiger partial charge on any atom is -0.508 e. The van der Waals surface area contributed by atoms with Crippen LogP contribution in [0.5, 0.6) is 5.75 Å². The van der Waals surface area contributed by atoms with Gasteiger partial charge < -0.3 is 19.9 Å². The quantitative estimate of drug-likeness (QED) is 0.467. The van der Waals surface area contributed by atoms with Gasteiger partial charge >= 0.3 is 0 Å². The molecule has 0 aliphatic carbocycles. The third-order valence-electron chi connectivity index (χ3n) is 5.47. The highest BCUT2D eigenvalue weighted by atomic mass is 32.1. The molecular formula is C24H21N5OS. The molecule has 1 fully saturated rings. The molecule has 1 saturated heterocycles. The Labute approximate surface area is 185 Å². The van der Waals surface area contributed by atoms with Gasteiger partial charge in [-0.1, -0.05) is 12.1 Å². The van der Waals surface area contributed by atoms with Gasteiger partial charge in [-0.05, 0) is 72.9 Å². The zero-order valence-electron chi connectivity index (χ0n) is 16.7. The average Bonchev–Trinajstić information content (AvgIpc) is 3.40. The van der Waals surface area contributed by atoms with Crippen LogP contribution in [-0.4, -0.2) is 29.7 Å². The fourth-order valence-electron chi connectivity index (χ4n) is 4.05. The van der Waals surface area contributed by atoms with E-state index in [4.69, 9.17) is 12.2 Å². The molecule has 1 aromatic carbocycles. The van der Waals surface area contributed by atoms with Crippen molar-refractivity contribution in [2.45, 2.75) is 18.6 Å². The van der Waals surface area contributed by atoms with Crippen molar-refractivity contribution < 1.29 is 5.11 Å². The lowest BCUT2D eigenvalue weighted by molar-refractivity contribution is 0.299. The van der Waals surface area contributed by atoms with E-state index in [1.54, 1.807) is 24.5 Å². The van der Waals surface area contributed by atoms with Crippen molar-refractivity contribution in [2.75, 3.05) is 0 Å². The summed E-state index contributed by atoms with van der Waals surface area (Å²) in [5.41, 5.74) is 3.91. The standard InChI is InChI=1S/C24H21N5OS/c30-19-11-9-18(10-12-19)28-15-5-8-21(28)23-22(20-7-2-4-14-26-20)27-24(31)29(23)16-17-6-1-3-13-25-17/h1-15,22-23,30H,16H2,(H,27,31). The molecule has 0 amide bonds. The van der Waals surface area contributed by atoms with Crippen molar-refractivity contribution in [3.8, 4) is 11.4 Å². The average molecular weight is 428 g/mol. The Morgan fingerprint density at radius 2 is 1.68 bits per heavy atom. The lowest BCUT2D eigenvalue weighted by atomic mass is 10.0. The van der Waals surface area contributed by atoms with Crippen LogP contribution in [0.3, 0.4) is 0 Å². The van der Waals surface area contributed by atoms with Gasteiger partial charge in [0.15, 0.2) is 5.11 Å². The largest absolute Gasteiger partial charge is 0.508 e. The molecule has 1 aliphatic rings. The van der Waals surface area contributed by atoms with Gasteiger partial charge in [0, 0.05) is 30.0 Å². The minimum absolute atomic E-state index is 0.0896. The van der Waals surface area contributed by atoms with Crippen molar-refractivity contribution >= 4 is 17.3 Å². The molecule has 0 spiro atoms. The van der Waals surface area contributed by atoms with Crippen LogP contribution >= 0.6 is 12.2 Å². The van der Waals surface area contributed by atoms with Crippen molar-refractivity contribution in [2.24, 2.45) is 0 Å². The predicted molar refractivity (Wildman–Crippen MR) is 123 cm³/mol. The lowest BCUT2D eigenvalue weighted by Crippen LogP contribution is -2.30. The van der Waals surface area contributed by atoms with Crippen LogP contribution in [0.15, 0.2) is 91.4 Å². The van der Waals surface area contributed by atoms with Crippen molar-refractivity contribution in [3.63, 3.8) is 0 Å². The predicted octanol–water partition coefficient (Wildman–Crippen LogP) is 4.15. The topological polar surface area (TPSA) is 66.2 Å². The summed E-state index contributed by atoms with van der Waals surface area (Å²) in [6.07, 6.45) is 5.63. The molecule has 0 saturated carbocycles. The highest BCUT2D eigenvalue weighted by molar-refractivity contribution is 7.80. The number of rotatable bonds is 5. The van der Waals surface area contributed by atoms with Crippen molar-refractivity contribution in [1.82, 2.24) is 24.8 Å². The Hall–Kier alpha value is -3.71. The molecule has 154 valence electrons. The Morgan fingerprint density at radius 1 is 0.903 bits per heavy atom. The summed E-state index contributed by atoms with van der Waals surface area (Å²) in [4.78, 5) is 11.3. The number of nitrogens with zero attached hydrogens (tertiary/aromatic N) is 4. The molecule has 1 aliphatic heterocycles. The number of hydrogen-bond donors (Lipinski definition) is 2. The van der Waals surface area contributed by atoms with E-state index in [-0.39, 0.29) is 17.8 Å². The number of phenols is 1. The Balaban J connectivity index is 1.60. The van der Waals surface area contributed by atoms with Gasteiger partial charge in [-0.3, -0.25) is 9.97 Å². The molecule has 4 aromatic rings. The maximum absolute atomic E-state index is 9.71. The number of benzene rings is 1. The lowest BCUT2D eigenvalue weighted by Gasteiger charge is -2.28. The third kappa shape index (κ3) is 3.75. The number of phenolic OH excluding ortho intramolecular Hbond substituents is 1. The highest BCUT2D eigenvalue weighted by Gasteiger charge is 2.41. The van der Waals surface area contributed by atoms with Crippen LogP contribution in [0.25, 0.3) is 5.69 Å². The van der Waals surface area contributed by atoms with Gasteiger partial charge in [-0.25, -0.2) is 0 Å². The fraction of sp³-hybridized carbons (Fsp3) is 0.125. The van der Waals surface area contributed by atoms with Crippen LogP contribution in [0.2, 0.25) is 0 Å². The number of hydrogen-bond acceptors (Lipinski definition) is 4. The molecule has 2 atom stereocenters. The van der Waals surface area contributed by atoms with Gasteiger partial charge in [-0.2, -0.15) is 0 Å². The monoisotopic (exact) mass is 427 g/mol. The van der Waals surface area contributed by atoms with Crippen molar-refractivity contribution in [1.29, 1.82) is 0 Å². The van der Waals surface area contributed by atoms with Gasteiger partial charge in [0.1, 0.15) is 5.75 Å². The normalized spacial score (nSPS) is 18.2. The van der Waals surface area contributed by atoms with E-state index in [9.17, 15) is 5.11 Å². The number of nitrogens with one attached hydrogen (secondary N) is 1. The number of aromatic nitrogens is 3. The zero-order valence-corrected chi connectivity index (χ0v) is 17.5. The molecule has 6 nitrogen and oxygen atoms in total.